The van der Waals surface area contributed by atoms with E-state index >= 15 is 0 Å². The molecule has 0 fully saturated rings. The van der Waals surface area contributed by atoms with E-state index in [0.29, 0.717) is 10.5 Å². The topological polar surface area (TPSA) is 43.4 Å². The van der Waals surface area contributed by atoms with E-state index in [1.165, 1.54) is 0 Å². The lowest BCUT2D eigenvalue weighted by Crippen LogP contribution is -2.08. The molecule has 1 unspecified atom stereocenters. The van der Waals surface area contributed by atoms with Gasteiger partial charge in [0, 0.05) is 0 Å². The van der Waals surface area contributed by atoms with Crippen LogP contribution in [0.15, 0.2) is 77.7 Å². The van der Waals surface area contributed by atoms with Crippen molar-refractivity contribution in [3.05, 3.63) is 78.4 Å². The van der Waals surface area contributed by atoms with Crippen LogP contribution in [0.2, 0.25) is 0 Å². The summed E-state index contributed by atoms with van der Waals surface area (Å²) in [5, 5.41) is 1.73. The van der Waals surface area contributed by atoms with Gasteiger partial charge in [0.05, 0.1) is 10.5 Å². The zero-order chi connectivity index (χ0) is 14.7. The number of hydrogen-bond donors (Lipinski definition) is 0. The molecule has 104 valence electrons. The summed E-state index contributed by atoms with van der Waals surface area (Å²) in [5.41, 5.74) is 0.414. The van der Waals surface area contributed by atoms with Crippen molar-refractivity contribution >= 4 is 27.8 Å². The Morgan fingerprint density at radius 3 is 2.29 bits per heavy atom. The molecule has 0 saturated heterocycles. The van der Waals surface area contributed by atoms with Gasteiger partial charge in [-0.15, -0.1) is 0 Å². The van der Waals surface area contributed by atoms with Crippen LogP contribution < -0.4 is 0 Å². The van der Waals surface area contributed by atoms with Crippen molar-refractivity contribution in [3.8, 4) is 0 Å². The predicted molar refractivity (Wildman–Crippen MR) is 82.2 cm³/mol. The monoisotopic (exact) mass is 296 g/mol. The molecule has 0 spiro atoms. The summed E-state index contributed by atoms with van der Waals surface area (Å²) in [7, 11) is 0. The largest absolute Gasteiger partial charge is 0.356 e. The van der Waals surface area contributed by atoms with E-state index < -0.39 is 17.0 Å². The molecule has 3 rings (SSSR count). The summed E-state index contributed by atoms with van der Waals surface area (Å²) in [4.78, 5) is 12.7. The second kappa shape index (κ2) is 5.89. The lowest BCUT2D eigenvalue weighted by atomic mass is 10.1. The fourth-order valence-corrected chi connectivity index (χ4v) is 2.80. The molecule has 21 heavy (non-hydrogen) atoms. The van der Waals surface area contributed by atoms with Crippen LogP contribution in [0.25, 0.3) is 10.8 Å². The molecule has 0 bridgehead atoms. The fourth-order valence-electron chi connectivity index (χ4n) is 2.10. The molecular weight excluding hydrogens is 284 g/mol. The van der Waals surface area contributed by atoms with E-state index in [9.17, 15) is 9.00 Å². The molecule has 0 saturated carbocycles. The Hall–Kier alpha value is -2.46. The SMILES string of the molecule is O=C(OS(=O)c1ccccc1)c1cccc2ccccc12. The second-order valence-corrected chi connectivity index (χ2v) is 5.55. The van der Waals surface area contributed by atoms with Gasteiger partial charge in [0.2, 0.25) is 11.1 Å². The third-order valence-corrected chi connectivity index (χ3v) is 4.06. The fraction of sp³-hybridized carbons (Fsp3) is 0. The maximum atomic E-state index is 12.2. The van der Waals surface area contributed by atoms with Crippen molar-refractivity contribution in [2.75, 3.05) is 0 Å². The van der Waals surface area contributed by atoms with Gasteiger partial charge in [-0.1, -0.05) is 54.6 Å². The first-order chi connectivity index (χ1) is 10.3. The van der Waals surface area contributed by atoms with Gasteiger partial charge in [0.15, 0.2) is 0 Å². The Kier molecular flexibility index (Phi) is 3.79. The highest BCUT2D eigenvalue weighted by Gasteiger charge is 2.15. The number of carbonyl (C=O) groups is 1. The maximum absolute atomic E-state index is 12.2. The van der Waals surface area contributed by atoms with E-state index in [2.05, 4.69) is 0 Å². The van der Waals surface area contributed by atoms with Crippen molar-refractivity contribution in [2.24, 2.45) is 0 Å². The van der Waals surface area contributed by atoms with E-state index in [0.717, 1.165) is 10.8 Å². The number of hydrogen-bond acceptors (Lipinski definition) is 3. The number of carbonyl (C=O) groups excluding carboxylic acids is 1. The van der Waals surface area contributed by atoms with E-state index in [4.69, 9.17) is 4.18 Å². The molecule has 0 radical (unpaired) electrons. The smallest absolute Gasteiger partial charge is 0.352 e. The first kappa shape index (κ1) is 13.5. The highest BCUT2D eigenvalue weighted by molar-refractivity contribution is 7.80. The van der Waals surface area contributed by atoms with Crippen LogP contribution in [0.1, 0.15) is 10.4 Å². The molecule has 0 aromatic heterocycles. The van der Waals surface area contributed by atoms with Gasteiger partial charge in [0.25, 0.3) is 0 Å². The average Bonchev–Trinajstić information content (AvgIpc) is 2.55. The van der Waals surface area contributed by atoms with Gasteiger partial charge in [-0.25, -0.2) is 9.00 Å². The summed E-state index contributed by atoms with van der Waals surface area (Å²) < 4.78 is 17.1. The third kappa shape index (κ3) is 2.85. The van der Waals surface area contributed by atoms with E-state index in [1.54, 1.807) is 36.4 Å². The molecule has 3 aromatic rings. The highest BCUT2D eigenvalue weighted by atomic mass is 32.2. The van der Waals surface area contributed by atoms with Crippen LogP contribution in [0.5, 0.6) is 0 Å². The van der Waals surface area contributed by atoms with Crippen LogP contribution in [0.3, 0.4) is 0 Å². The Morgan fingerprint density at radius 1 is 0.810 bits per heavy atom. The molecule has 3 aromatic carbocycles. The number of benzene rings is 3. The average molecular weight is 296 g/mol. The quantitative estimate of drug-likeness (QED) is 0.740. The Balaban J connectivity index is 1.90. The molecule has 0 aliphatic rings. The van der Waals surface area contributed by atoms with Gasteiger partial charge < -0.3 is 4.18 Å². The molecule has 0 heterocycles. The standard InChI is InChI=1S/C17H12O3S/c18-17(20-21(19)14-9-2-1-3-10-14)16-12-6-8-13-7-4-5-11-15(13)16/h1-12H. The lowest BCUT2D eigenvalue weighted by molar-refractivity contribution is 0.0759. The van der Waals surface area contributed by atoms with Gasteiger partial charge in [-0.3, -0.25) is 0 Å². The lowest BCUT2D eigenvalue weighted by Gasteiger charge is -2.06. The minimum Gasteiger partial charge on any atom is -0.356 e. The van der Waals surface area contributed by atoms with Gasteiger partial charge >= 0.3 is 5.97 Å². The zero-order valence-electron chi connectivity index (χ0n) is 11.1. The Morgan fingerprint density at radius 2 is 1.48 bits per heavy atom. The second-order valence-electron chi connectivity index (χ2n) is 4.45. The predicted octanol–water partition coefficient (Wildman–Crippen LogP) is 3.72. The van der Waals surface area contributed by atoms with Crippen LogP contribution in [0, 0.1) is 0 Å². The first-order valence-electron chi connectivity index (χ1n) is 6.43. The third-order valence-electron chi connectivity index (χ3n) is 3.10. The Bertz CT molecular complexity index is 807. The minimum atomic E-state index is -1.81. The van der Waals surface area contributed by atoms with Crippen LogP contribution >= 0.6 is 0 Å². The first-order valence-corrected chi connectivity index (χ1v) is 7.50. The summed E-state index contributed by atoms with van der Waals surface area (Å²) >= 11 is -1.81. The molecule has 3 nitrogen and oxygen atoms in total. The number of rotatable bonds is 3. The number of fused-ring (bicyclic) bond motifs is 1. The molecule has 1 atom stereocenters. The van der Waals surface area contributed by atoms with Crippen molar-refractivity contribution in [1.82, 2.24) is 0 Å². The summed E-state index contributed by atoms with van der Waals surface area (Å²) in [6, 6.07) is 21.5. The molecule has 0 amide bonds. The molecule has 4 heteroatoms. The van der Waals surface area contributed by atoms with Gasteiger partial charge in [-0.05, 0) is 29.0 Å². The van der Waals surface area contributed by atoms with Crippen LogP contribution in [0.4, 0.5) is 0 Å². The van der Waals surface area contributed by atoms with Crippen molar-refractivity contribution in [3.63, 3.8) is 0 Å². The summed E-state index contributed by atoms with van der Waals surface area (Å²) in [5.74, 6) is -0.589. The molecule has 0 N–H and O–H groups in total. The maximum Gasteiger partial charge on any atom is 0.352 e. The molecule has 0 aliphatic heterocycles. The van der Waals surface area contributed by atoms with Crippen LogP contribution in [-0.2, 0) is 15.3 Å². The van der Waals surface area contributed by atoms with E-state index in [1.807, 2.05) is 36.4 Å². The molecular formula is C17H12O3S. The minimum absolute atomic E-state index is 0.414. The normalized spacial score (nSPS) is 12.0. The summed E-state index contributed by atoms with van der Waals surface area (Å²) in [6.07, 6.45) is 0. The van der Waals surface area contributed by atoms with Crippen LogP contribution in [-0.4, -0.2) is 10.2 Å². The molecule has 0 aliphatic carbocycles. The van der Waals surface area contributed by atoms with Gasteiger partial charge in [-0.2, -0.15) is 0 Å². The Labute approximate surface area is 124 Å². The highest BCUT2D eigenvalue weighted by Crippen LogP contribution is 2.20. The zero-order valence-corrected chi connectivity index (χ0v) is 11.9. The van der Waals surface area contributed by atoms with Crippen molar-refractivity contribution in [1.29, 1.82) is 0 Å². The van der Waals surface area contributed by atoms with Crippen molar-refractivity contribution < 1.29 is 13.2 Å². The van der Waals surface area contributed by atoms with Gasteiger partial charge in [0.1, 0.15) is 0 Å². The summed E-state index contributed by atoms with van der Waals surface area (Å²) in [6.45, 7) is 0. The van der Waals surface area contributed by atoms with E-state index in [-0.39, 0.29) is 0 Å². The van der Waals surface area contributed by atoms with Crippen molar-refractivity contribution in [2.45, 2.75) is 4.90 Å².